The van der Waals surface area contributed by atoms with Crippen molar-refractivity contribution in [1.29, 1.82) is 0 Å². The third kappa shape index (κ3) is 2.38. The Morgan fingerprint density at radius 2 is 2.14 bits per heavy atom. The fourth-order valence-corrected chi connectivity index (χ4v) is 0.989. The van der Waals surface area contributed by atoms with Gasteiger partial charge in [-0.05, 0) is 6.07 Å². The first kappa shape index (κ1) is 10.8. The van der Waals surface area contributed by atoms with E-state index in [1.807, 2.05) is 0 Å². The van der Waals surface area contributed by atoms with Gasteiger partial charge in [0.05, 0.1) is 13.3 Å². The number of halogens is 2. The number of ether oxygens (including phenoxy) is 1. The molecule has 1 atom stereocenters. The fraction of sp³-hybridized carbons (Fsp3) is 0.444. The highest BCUT2D eigenvalue weighted by atomic mass is 19.3. The van der Waals surface area contributed by atoms with Gasteiger partial charge in [0.15, 0.2) is 0 Å². The maximum absolute atomic E-state index is 12.7. The monoisotopic (exact) mass is 203 g/mol. The molecule has 3 nitrogen and oxygen atoms in total. The number of rotatable bonds is 3. The molecule has 0 amide bonds. The molecule has 1 N–H and O–H groups in total. The van der Waals surface area contributed by atoms with Crippen LogP contribution in [0.25, 0.3) is 0 Å². The highest BCUT2D eigenvalue weighted by Crippen LogP contribution is 2.31. The van der Waals surface area contributed by atoms with Crippen molar-refractivity contribution in [3.05, 3.63) is 24.0 Å². The molecule has 1 unspecified atom stereocenters. The Kier molecular flexibility index (Phi) is 3.00. The summed E-state index contributed by atoms with van der Waals surface area (Å²) in [5.41, 5.74) is 0.0388. The van der Waals surface area contributed by atoms with Crippen molar-refractivity contribution in [2.45, 2.75) is 19.0 Å². The van der Waals surface area contributed by atoms with Gasteiger partial charge in [0.1, 0.15) is 11.9 Å². The van der Waals surface area contributed by atoms with E-state index in [9.17, 15) is 13.9 Å². The summed E-state index contributed by atoms with van der Waals surface area (Å²) in [5, 5.41) is 9.23. The number of methoxy groups -OCH3 is 1. The van der Waals surface area contributed by atoms with Crippen LogP contribution in [0, 0.1) is 0 Å². The minimum Gasteiger partial charge on any atom is -0.495 e. The smallest absolute Gasteiger partial charge is 0.274 e. The van der Waals surface area contributed by atoms with E-state index in [-0.39, 0.29) is 5.56 Å². The van der Waals surface area contributed by atoms with E-state index in [2.05, 4.69) is 4.98 Å². The van der Waals surface area contributed by atoms with E-state index in [1.54, 1.807) is 0 Å². The number of aliphatic hydroxyl groups excluding tert-OH is 1. The molecule has 1 heterocycles. The maximum Gasteiger partial charge on any atom is 0.274 e. The summed E-state index contributed by atoms with van der Waals surface area (Å²) in [4.78, 5) is 3.67. The molecule has 14 heavy (non-hydrogen) atoms. The molecule has 0 fully saturated rings. The molecule has 1 aromatic heterocycles. The van der Waals surface area contributed by atoms with Crippen molar-refractivity contribution < 1.29 is 18.6 Å². The molecule has 0 saturated heterocycles. The van der Waals surface area contributed by atoms with Crippen molar-refractivity contribution in [2.75, 3.05) is 7.11 Å². The first-order valence-corrected chi connectivity index (χ1v) is 4.00. The topological polar surface area (TPSA) is 42.4 Å². The molecular weight excluding hydrogens is 192 g/mol. The average Bonchev–Trinajstić information content (AvgIpc) is 2.15. The summed E-state index contributed by atoms with van der Waals surface area (Å²) in [7, 11) is 1.40. The summed E-state index contributed by atoms with van der Waals surface area (Å²) in [6.45, 7) is 0.650. The van der Waals surface area contributed by atoms with Crippen molar-refractivity contribution in [3.8, 4) is 5.75 Å². The van der Waals surface area contributed by atoms with E-state index in [0.29, 0.717) is 12.7 Å². The lowest BCUT2D eigenvalue weighted by molar-refractivity contribution is -0.0955. The number of nitrogens with zero attached hydrogens (tertiary/aromatic N) is 1. The van der Waals surface area contributed by atoms with Crippen LogP contribution in [0.2, 0.25) is 0 Å². The third-order valence-electron chi connectivity index (χ3n) is 1.77. The summed E-state index contributed by atoms with van der Waals surface area (Å²) in [5.74, 6) is -2.85. The summed E-state index contributed by atoms with van der Waals surface area (Å²) < 4.78 is 30.2. The molecule has 78 valence electrons. The Labute approximate surface area is 80.3 Å². The van der Waals surface area contributed by atoms with Crippen molar-refractivity contribution in [3.63, 3.8) is 0 Å². The van der Waals surface area contributed by atoms with Crippen molar-refractivity contribution >= 4 is 0 Å². The minimum absolute atomic E-state index is 0.0388. The summed E-state index contributed by atoms with van der Waals surface area (Å²) in [6.07, 6.45) is 0.708. The van der Waals surface area contributed by atoms with Gasteiger partial charge in [0, 0.05) is 18.7 Å². The Hall–Kier alpha value is -1.23. The zero-order chi connectivity index (χ0) is 10.8. The highest BCUT2D eigenvalue weighted by molar-refractivity contribution is 5.25. The van der Waals surface area contributed by atoms with Crippen LogP contribution in [0.4, 0.5) is 8.78 Å². The molecule has 0 bridgehead atoms. The molecule has 0 saturated carbocycles. The number of aliphatic hydroxyl groups is 1. The van der Waals surface area contributed by atoms with Gasteiger partial charge >= 0.3 is 0 Å². The van der Waals surface area contributed by atoms with Gasteiger partial charge in [-0.2, -0.15) is 0 Å². The number of hydrogen-bond donors (Lipinski definition) is 1. The van der Waals surface area contributed by atoms with Gasteiger partial charge in [-0.25, -0.2) is 8.78 Å². The summed E-state index contributed by atoms with van der Waals surface area (Å²) in [6, 6.07) is 1.33. The van der Waals surface area contributed by atoms with Crippen LogP contribution >= 0.6 is 0 Å². The zero-order valence-corrected chi connectivity index (χ0v) is 7.87. The molecular formula is C9H11F2NO2. The molecule has 1 rings (SSSR count). The predicted molar refractivity (Wildman–Crippen MR) is 46.4 cm³/mol. The zero-order valence-electron chi connectivity index (χ0n) is 7.87. The molecule has 1 aromatic rings. The van der Waals surface area contributed by atoms with Crippen LogP contribution in [-0.2, 0) is 0 Å². The number of hydrogen-bond acceptors (Lipinski definition) is 3. The lowest BCUT2D eigenvalue weighted by Gasteiger charge is -2.18. The van der Waals surface area contributed by atoms with Gasteiger partial charge in [-0.1, -0.05) is 0 Å². The Morgan fingerprint density at radius 3 is 2.64 bits per heavy atom. The minimum atomic E-state index is -3.19. The van der Waals surface area contributed by atoms with Crippen LogP contribution in [0.3, 0.4) is 0 Å². The van der Waals surface area contributed by atoms with Gasteiger partial charge < -0.3 is 9.84 Å². The Morgan fingerprint density at radius 1 is 1.50 bits per heavy atom. The lowest BCUT2D eigenvalue weighted by Crippen LogP contribution is -2.21. The first-order valence-electron chi connectivity index (χ1n) is 4.00. The molecule has 0 aromatic carbocycles. The fourth-order valence-electron chi connectivity index (χ4n) is 0.989. The van der Waals surface area contributed by atoms with Crippen LogP contribution < -0.4 is 4.74 Å². The van der Waals surface area contributed by atoms with Crippen molar-refractivity contribution in [1.82, 2.24) is 4.98 Å². The molecule has 0 aliphatic heterocycles. The van der Waals surface area contributed by atoms with E-state index < -0.39 is 12.0 Å². The van der Waals surface area contributed by atoms with E-state index in [4.69, 9.17) is 4.74 Å². The second-order valence-electron chi connectivity index (χ2n) is 3.02. The number of aromatic nitrogens is 1. The SMILES string of the molecule is COc1cncc(C(O)C(C)(F)F)c1. The van der Waals surface area contributed by atoms with Crippen molar-refractivity contribution in [2.24, 2.45) is 0 Å². The van der Waals surface area contributed by atoms with Crippen LogP contribution in [0.1, 0.15) is 18.6 Å². The second-order valence-corrected chi connectivity index (χ2v) is 3.02. The number of pyridine rings is 1. The largest absolute Gasteiger partial charge is 0.495 e. The van der Waals surface area contributed by atoms with Gasteiger partial charge in [0.25, 0.3) is 5.92 Å². The Balaban J connectivity index is 2.95. The van der Waals surface area contributed by atoms with Crippen LogP contribution in [0.15, 0.2) is 18.5 Å². The Bertz CT molecular complexity index is 312. The van der Waals surface area contributed by atoms with Gasteiger partial charge in [-0.15, -0.1) is 0 Å². The molecule has 0 radical (unpaired) electrons. The summed E-state index contributed by atoms with van der Waals surface area (Å²) >= 11 is 0. The van der Waals surface area contributed by atoms with E-state index in [0.717, 1.165) is 0 Å². The number of alkyl halides is 2. The van der Waals surface area contributed by atoms with Gasteiger partial charge in [0.2, 0.25) is 0 Å². The van der Waals surface area contributed by atoms with E-state index in [1.165, 1.54) is 25.6 Å². The van der Waals surface area contributed by atoms with Gasteiger partial charge in [-0.3, -0.25) is 4.98 Å². The van der Waals surface area contributed by atoms with E-state index >= 15 is 0 Å². The molecule has 5 heteroatoms. The molecule has 0 aliphatic carbocycles. The van der Waals surface area contributed by atoms with Crippen LogP contribution in [0.5, 0.6) is 5.75 Å². The van der Waals surface area contributed by atoms with Crippen LogP contribution in [-0.4, -0.2) is 23.1 Å². The quantitative estimate of drug-likeness (QED) is 0.814. The molecule has 0 aliphatic rings. The first-order chi connectivity index (χ1) is 6.45. The molecule has 0 spiro atoms. The lowest BCUT2D eigenvalue weighted by atomic mass is 10.1. The normalized spacial score (nSPS) is 13.8. The maximum atomic E-state index is 12.7. The highest BCUT2D eigenvalue weighted by Gasteiger charge is 2.33. The second kappa shape index (κ2) is 3.88. The third-order valence-corrected chi connectivity index (χ3v) is 1.77. The average molecular weight is 203 g/mol. The standard InChI is InChI=1S/C9H11F2NO2/c1-9(10,11)8(13)6-3-7(14-2)5-12-4-6/h3-5,8,13H,1-2H3. The predicted octanol–water partition coefficient (Wildman–Crippen LogP) is 1.78.